The van der Waals surface area contributed by atoms with E-state index in [1.165, 1.54) is 30.3 Å². The molecule has 1 aliphatic rings. The predicted octanol–water partition coefficient (Wildman–Crippen LogP) is 2.49. The van der Waals surface area contributed by atoms with Crippen molar-refractivity contribution in [1.29, 1.82) is 5.26 Å². The Morgan fingerprint density at radius 1 is 1.48 bits per heavy atom. The van der Waals surface area contributed by atoms with Gasteiger partial charge in [-0.2, -0.15) is 14.0 Å². The first kappa shape index (κ1) is 16.9. The molecule has 0 aromatic heterocycles. The summed E-state index contributed by atoms with van der Waals surface area (Å²) in [5.41, 5.74) is 0.473. The fourth-order valence-electron chi connectivity index (χ4n) is 2.17. The third kappa shape index (κ3) is 5.34. The summed E-state index contributed by atoms with van der Waals surface area (Å²) in [6.07, 6.45) is 3.23. The normalized spacial score (nSPS) is 17.8. The van der Waals surface area contributed by atoms with Crippen LogP contribution < -0.4 is 10.1 Å². The highest BCUT2D eigenvalue weighted by Gasteiger charge is 2.17. The second kappa shape index (κ2) is 8.25. The lowest BCUT2D eigenvalue weighted by molar-refractivity contribution is -0.117. The zero-order valence-corrected chi connectivity index (χ0v) is 12.3. The Kier molecular flexibility index (Phi) is 6.06. The molecule has 0 aliphatic carbocycles. The molecule has 1 amide bonds. The van der Waals surface area contributed by atoms with Crippen LogP contribution in [0, 0.1) is 11.3 Å². The van der Waals surface area contributed by atoms with Gasteiger partial charge in [-0.25, -0.2) is 0 Å². The molecule has 0 spiro atoms. The Labute approximate surface area is 132 Å². The SMILES string of the molecule is N#C/C(=C/c1ccc(OC(F)F)cc1)C(=O)NC[C@@H]1CCCO1. The predicted molar refractivity (Wildman–Crippen MR) is 78.6 cm³/mol. The molecule has 2 rings (SSSR count). The van der Waals surface area contributed by atoms with Crippen molar-refractivity contribution in [3.05, 3.63) is 35.4 Å². The largest absolute Gasteiger partial charge is 0.435 e. The number of rotatable bonds is 6. The number of alkyl halides is 2. The minimum absolute atomic E-state index is 0.00956. The van der Waals surface area contributed by atoms with Crippen molar-refractivity contribution in [3.8, 4) is 11.8 Å². The maximum absolute atomic E-state index is 12.1. The van der Waals surface area contributed by atoms with Gasteiger partial charge in [-0.1, -0.05) is 12.1 Å². The molecule has 0 unspecified atom stereocenters. The molecule has 1 heterocycles. The molecule has 122 valence electrons. The van der Waals surface area contributed by atoms with Crippen LogP contribution >= 0.6 is 0 Å². The number of carbonyl (C=O) groups is 1. The summed E-state index contributed by atoms with van der Waals surface area (Å²) in [4.78, 5) is 12.0. The van der Waals surface area contributed by atoms with E-state index in [1.807, 2.05) is 6.07 Å². The van der Waals surface area contributed by atoms with Crippen LogP contribution in [-0.2, 0) is 9.53 Å². The maximum Gasteiger partial charge on any atom is 0.387 e. The van der Waals surface area contributed by atoms with Crippen molar-refractivity contribution in [2.75, 3.05) is 13.2 Å². The quantitative estimate of drug-likeness (QED) is 0.645. The highest BCUT2D eigenvalue weighted by atomic mass is 19.3. The number of benzene rings is 1. The molecule has 1 aromatic carbocycles. The first-order chi connectivity index (χ1) is 11.1. The van der Waals surface area contributed by atoms with Crippen molar-refractivity contribution >= 4 is 12.0 Å². The molecule has 5 nitrogen and oxygen atoms in total. The number of nitrogens with one attached hydrogen (secondary N) is 1. The van der Waals surface area contributed by atoms with Crippen molar-refractivity contribution < 1.29 is 23.0 Å². The molecule has 1 atom stereocenters. The maximum atomic E-state index is 12.1. The third-order valence-electron chi connectivity index (χ3n) is 3.30. The number of nitriles is 1. The van der Waals surface area contributed by atoms with Gasteiger partial charge < -0.3 is 14.8 Å². The molecular formula is C16H16F2N2O3. The van der Waals surface area contributed by atoms with Crippen LogP contribution in [0.4, 0.5) is 8.78 Å². The summed E-state index contributed by atoms with van der Waals surface area (Å²) >= 11 is 0. The molecule has 1 aliphatic heterocycles. The van der Waals surface area contributed by atoms with Gasteiger partial charge in [0.05, 0.1) is 6.10 Å². The monoisotopic (exact) mass is 322 g/mol. The minimum Gasteiger partial charge on any atom is -0.435 e. The van der Waals surface area contributed by atoms with Crippen LogP contribution in [0.3, 0.4) is 0 Å². The number of nitrogens with zero attached hydrogens (tertiary/aromatic N) is 1. The summed E-state index contributed by atoms with van der Waals surface area (Å²) in [6.45, 7) is -1.84. The number of carbonyl (C=O) groups excluding carboxylic acids is 1. The molecule has 23 heavy (non-hydrogen) atoms. The first-order valence-corrected chi connectivity index (χ1v) is 7.15. The van der Waals surface area contributed by atoms with Gasteiger partial charge >= 0.3 is 6.61 Å². The Morgan fingerprint density at radius 2 is 2.22 bits per heavy atom. The van der Waals surface area contributed by atoms with Gasteiger partial charge in [0.1, 0.15) is 17.4 Å². The first-order valence-electron chi connectivity index (χ1n) is 7.15. The lowest BCUT2D eigenvalue weighted by Gasteiger charge is -2.10. The molecule has 1 saturated heterocycles. The summed E-state index contributed by atoms with van der Waals surface area (Å²) in [5, 5.41) is 11.7. The summed E-state index contributed by atoms with van der Waals surface area (Å²) in [5.74, 6) is -0.477. The van der Waals surface area contributed by atoms with Crippen LogP contribution in [0.2, 0.25) is 0 Å². The van der Waals surface area contributed by atoms with Gasteiger partial charge in [-0.3, -0.25) is 4.79 Å². The Morgan fingerprint density at radius 3 is 2.78 bits per heavy atom. The third-order valence-corrected chi connectivity index (χ3v) is 3.30. The number of amides is 1. The van der Waals surface area contributed by atoms with E-state index in [9.17, 15) is 13.6 Å². The topological polar surface area (TPSA) is 71.3 Å². The van der Waals surface area contributed by atoms with E-state index in [-0.39, 0.29) is 17.4 Å². The summed E-state index contributed by atoms with van der Waals surface area (Å²) in [6, 6.07) is 7.50. The van der Waals surface area contributed by atoms with Crippen molar-refractivity contribution in [3.63, 3.8) is 0 Å². The molecular weight excluding hydrogens is 306 g/mol. The molecule has 0 saturated carbocycles. The highest BCUT2D eigenvalue weighted by molar-refractivity contribution is 6.01. The molecule has 1 fully saturated rings. The lowest BCUT2D eigenvalue weighted by atomic mass is 10.1. The molecule has 1 aromatic rings. The summed E-state index contributed by atoms with van der Waals surface area (Å²) in [7, 11) is 0. The van der Waals surface area contributed by atoms with E-state index in [2.05, 4.69) is 10.1 Å². The van der Waals surface area contributed by atoms with Crippen LogP contribution in [0.1, 0.15) is 18.4 Å². The van der Waals surface area contributed by atoms with Gasteiger partial charge in [0.25, 0.3) is 5.91 Å². The Balaban J connectivity index is 1.96. The lowest BCUT2D eigenvalue weighted by Crippen LogP contribution is -2.32. The average molecular weight is 322 g/mol. The van der Waals surface area contributed by atoms with E-state index < -0.39 is 12.5 Å². The van der Waals surface area contributed by atoms with Crippen LogP contribution in [0.15, 0.2) is 29.8 Å². The van der Waals surface area contributed by atoms with Crippen molar-refractivity contribution in [1.82, 2.24) is 5.32 Å². The number of hydrogen-bond donors (Lipinski definition) is 1. The second-order valence-electron chi connectivity index (χ2n) is 4.96. The van der Waals surface area contributed by atoms with E-state index in [4.69, 9.17) is 10.00 Å². The van der Waals surface area contributed by atoms with Gasteiger partial charge in [0, 0.05) is 13.2 Å². The van der Waals surface area contributed by atoms with E-state index in [0.717, 1.165) is 12.8 Å². The van der Waals surface area contributed by atoms with Gasteiger partial charge in [0.2, 0.25) is 0 Å². The zero-order valence-electron chi connectivity index (χ0n) is 12.3. The van der Waals surface area contributed by atoms with E-state index in [0.29, 0.717) is 18.7 Å². The van der Waals surface area contributed by atoms with Crippen molar-refractivity contribution in [2.24, 2.45) is 0 Å². The van der Waals surface area contributed by atoms with Gasteiger partial charge in [-0.05, 0) is 36.6 Å². The fraction of sp³-hybridized carbons (Fsp3) is 0.375. The van der Waals surface area contributed by atoms with E-state index >= 15 is 0 Å². The van der Waals surface area contributed by atoms with Gasteiger partial charge in [0.15, 0.2) is 0 Å². The van der Waals surface area contributed by atoms with Crippen LogP contribution in [0.5, 0.6) is 5.75 Å². The van der Waals surface area contributed by atoms with Crippen molar-refractivity contribution in [2.45, 2.75) is 25.6 Å². The highest BCUT2D eigenvalue weighted by Crippen LogP contribution is 2.17. The molecule has 7 heteroatoms. The van der Waals surface area contributed by atoms with Crippen LogP contribution in [0.25, 0.3) is 6.08 Å². The van der Waals surface area contributed by atoms with Crippen LogP contribution in [-0.4, -0.2) is 31.8 Å². The number of hydrogen-bond acceptors (Lipinski definition) is 4. The molecule has 1 N–H and O–H groups in total. The summed E-state index contributed by atoms with van der Waals surface area (Å²) < 4.78 is 33.7. The average Bonchev–Trinajstić information content (AvgIpc) is 3.04. The molecule has 0 bridgehead atoms. The standard InChI is InChI=1S/C16H16F2N2O3/c17-16(18)23-13-5-3-11(4-6-13)8-12(9-19)15(21)20-10-14-2-1-7-22-14/h3-6,8,14,16H,1-2,7,10H2,(H,20,21)/b12-8-/t14-/m0/s1. The molecule has 0 radical (unpaired) electrons. The fourth-order valence-corrected chi connectivity index (χ4v) is 2.17. The zero-order chi connectivity index (χ0) is 16.7. The van der Waals surface area contributed by atoms with Gasteiger partial charge in [-0.15, -0.1) is 0 Å². The smallest absolute Gasteiger partial charge is 0.387 e. The Bertz CT molecular complexity index is 603. The Hall–Kier alpha value is -2.46. The minimum atomic E-state index is -2.89. The number of ether oxygens (including phenoxy) is 2. The second-order valence-corrected chi connectivity index (χ2v) is 4.96. The number of halogens is 2. The van der Waals surface area contributed by atoms with E-state index in [1.54, 1.807) is 0 Å².